The van der Waals surface area contributed by atoms with Crippen LogP contribution in [-0.2, 0) is 11.3 Å². The number of ether oxygens (including phenoxy) is 1. The maximum absolute atomic E-state index is 5.81. The minimum atomic E-state index is -0.0845. The summed E-state index contributed by atoms with van der Waals surface area (Å²) < 4.78 is 6.59. The van der Waals surface area contributed by atoms with E-state index >= 15 is 0 Å². The third kappa shape index (κ3) is 2.84. The van der Waals surface area contributed by atoms with Crippen molar-refractivity contribution in [3.63, 3.8) is 0 Å². The van der Waals surface area contributed by atoms with Gasteiger partial charge in [0.2, 0.25) is 0 Å². The summed E-state index contributed by atoms with van der Waals surface area (Å²) in [6.45, 7) is 4.54. The van der Waals surface area contributed by atoms with Gasteiger partial charge in [-0.1, -0.05) is 0 Å². The standard InChI is InChI=1S/C13H20BrN3O/c1-13(18-2)4-3-5-17(9-13)12-10(7-15)6-11(14)8-16-12/h6,8H,3-5,7,9,15H2,1-2H3. The normalized spacial score (nSPS) is 24.3. The molecule has 1 unspecified atom stereocenters. The molecule has 1 fully saturated rings. The number of nitrogens with zero attached hydrogens (tertiary/aromatic N) is 2. The van der Waals surface area contributed by atoms with Crippen LogP contribution in [0.4, 0.5) is 5.82 Å². The van der Waals surface area contributed by atoms with E-state index in [1.165, 1.54) is 0 Å². The summed E-state index contributed by atoms with van der Waals surface area (Å²) in [7, 11) is 1.78. The van der Waals surface area contributed by atoms with E-state index in [4.69, 9.17) is 10.5 Å². The predicted octanol–water partition coefficient (Wildman–Crippen LogP) is 2.31. The minimum Gasteiger partial charge on any atom is -0.377 e. The smallest absolute Gasteiger partial charge is 0.133 e. The quantitative estimate of drug-likeness (QED) is 0.930. The lowest BCUT2D eigenvalue weighted by Crippen LogP contribution is -2.48. The SMILES string of the molecule is COC1(C)CCCN(c2ncc(Br)cc2CN)C1. The highest BCUT2D eigenvalue weighted by Gasteiger charge is 2.32. The zero-order valence-corrected chi connectivity index (χ0v) is 12.5. The number of piperidine rings is 1. The van der Waals surface area contributed by atoms with E-state index in [0.29, 0.717) is 6.54 Å². The van der Waals surface area contributed by atoms with Crippen molar-refractivity contribution in [3.05, 3.63) is 22.3 Å². The molecular weight excluding hydrogens is 294 g/mol. The second-order valence-electron chi connectivity index (χ2n) is 5.02. The molecule has 0 radical (unpaired) electrons. The number of methoxy groups -OCH3 is 1. The summed E-state index contributed by atoms with van der Waals surface area (Å²) in [5.74, 6) is 0.990. The van der Waals surface area contributed by atoms with E-state index in [-0.39, 0.29) is 5.60 Å². The van der Waals surface area contributed by atoms with Gasteiger partial charge in [-0.2, -0.15) is 0 Å². The molecule has 1 saturated heterocycles. The van der Waals surface area contributed by atoms with Gasteiger partial charge in [-0.15, -0.1) is 0 Å². The molecule has 1 aromatic rings. The van der Waals surface area contributed by atoms with Crippen molar-refractivity contribution in [2.45, 2.75) is 31.9 Å². The van der Waals surface area contributed by atoms with Gasteiger partial charge in [-0.3, -0.25) is 0 Å². The molecule has 0 spiro atoms. The lowest BCUT2D eigenvalue weighted by atomic mass is 9.94. The van der Waals surface area contributed by atoms with Crippen LogP contribution >= 0.6 is 15.9 Å². The van der Waals surface area contributed by atoms with Gasteiger partial charge in [0.05, 0.1) is 5.60 Å². The van der Waals surface area contributed by atoms with E-state index < -0.39 is 0 Å². The van der Waals surface area contributed by atoms with Crippen molar-refractivity contribution in [1.29, 1.82) is 0 Å². The number of hydrogen-bond acceptors (Lipinski definition) is 4. The number of anilines is 1. The summed E-state index contributed by atoms with van der Waals surface area (Å²) >= 11 is 3.44. The highest BCUT2D eigenvalue weighted by Crippen LogP contribution is 2.29. The Bertz CT molecular complexity index is 427. The van der Waals surface area contributed by atoms with Crippen LogP contribution in [0.15, 0.2) is 16.7 Å². The Morgan fingerprint density at radius 1 is 1.61 bits per heavy atom. The van der Waals surface area contributed by atoms with Gasteiger partial charge >= 0.3 is 0 Å². The second-order valence-corrected chi connectivity index (χ2v) is 5.94. The van der Waals surface area contributed by atoms with Crippen LogP contribution in [0, 0.1) is 0 Å². The summed E-state index contributed by atoms with van der Waals surface area (Å²) in [6, 6.07) is 2.04. The van der Waals surface area contributed by atoms with Gasteiger partial charge in [0, 0.05) is 43.0 Å². The summed E-state index contributed by atoms with van der Waals surface area (Å²) in [6.07, 6.45) is 4.04. The first-order valence-electron chi connectivity index (χ1n) is 6.22. The van der Waals surface area contributed by atoms with Gasteiger partial charge in [0.25, 0.3) is 0 Å². The lowest BCUT2D eigenvalue weighted by Gasteiger charge is -2.40. The molecule has 0 amide bonds. The number of halogens is 1. The molecule has 18 heavy (non-hydrogen) atoms. The lowest BCUT2D eigenvalue weighted by molar-refractivity contribution is -0.00484. The number of nitrogens with two attached hydrogens (primary N) is 1. The zero-order valence-electron chi connectivity index (χ0n) is 10.9. The van der Waals surface area contributed by atoms with Crippen LogP contribution in [0.1, 0.15) is 25.3 Å². The molecule has 2 rings (SSSR count). The van der Waals surface area contributed by atoms with Crippen LogP contribution in [0.25, 0.3) is 0 Å². The first-order chi connectivity index (χ1) is 8.58. The highest BCUT2D eigenvalue weighted by molar-refractivity contribution is 9.10. The average molecular weight is 314 g/mol. The Kier molecular flexibility index (Phi) is 4.25. The molecule has 1 atom stereocenters. The van der Waals surface area contributed by atoms with Crippen molar-refractivity contribution >= 4 is 21.7 Å². The first-order valence-corrected chi connectivity index (χ1v) is 7.02. The molecule has 100 valence electrons. The van der Waals surface area contributed by atoms with E-state index in [9.17, 15) is 0 Å². The number of hydrogen-bond donors (Lipinski definition) is 1. The van der Waals surface area contributed by atoms with Gasteiger partial charge in [0.1, 0.15) is 5.82 Å². The van der Waals surface area contributed by atoms with Crippen LogP contribution in [-0.4, -0.2) is 30.8 Å². The molecule has 0 saturated carbocycles. The fraction of sp³-hybridized carbons (Fsp3) is 0.615. The summed E-state index contributed by atoms with van der Waals surface area (Å²) in [5.41, 5.74) is 6.80. The van der Waals surface area contributed by atoms with Crippen molar-refractivity contribution < 1.29 is 4.74 Å². The fourth-order valence-electron chi connectivity index (χ4n) is 2.46. The highest BCUT2D eigenvalue weighted by atomic mass is 79.9. The first kappa shape index (κ1) is 13.8. The molecule has 2 N–H and O–H groups in total. The second kappa shape index (κ2) is 5.55. The zero-order chi connectivity index (χ0) is 13.2. The topological polar surface area (TPSA) is 51.4 Å². The Morgan fingerprint density at radius 2 is 2.39 bits per heavy atom. The minimum absolute atomic E-state index is 0.0845. The van der Waals surface area contributed by atoms with Gasteiger partial charge in [0.15, 0.2) is 0 Å². The molecule has 1 aliphatic rings. The van der Waals surface area contributed by atoms with Crippen molar-refractivity contribution in [2.75, 3.05) is 25.1 Å². The van der Waals surface area contributed by atoms with Gasteiger partial charge in [-0.05, 0) is 41.8 Å². The Morgan fingerprint density at radius 3 is 3.06 bits per heavy atom. The third-order valence-electron chi connectivity index (χ3n) is 3.58. The third-order valence-corrected chi connectivity index (χ3v) is 4.01. The molecular formula is C13H20BrN3O. The molecule has 0 aromatic carbocycles. The van der Waals surface area contributed by atoms with Gasteiger partial charge < -0.3 is 15.4 Å². The van der Waals surface area contributed by atoms with E-state index in [2.05, 4.69) is 32.7 Å². The number of pyridine rings is 1. The van der Waals surface area contributed by atoms with Crippen LogP contribution < -0.4 is 10.6 Å². The van der Waals surface area contributed by atoms with Crippen molar-refractivity contribution in [2.24, 2.45) is 5.73 Å². The maximum atomic E-state index is 5.81. The number of rotatable bonds is 3. The molecule has 0 bridgehead atoms. The number of aromatic nitrogens is 1. The average Bonchev–Trinajstić information content (AvgIpc) is 2.38. The molecule has 1 aliphatic heterocycles. The largest absolute Gasteiger partial charge is 0.377 e. The fourth-order valence-corrected chi connectivity index (χ4v) is 2.84. The van der Waals surface area contributed by atoms with Crippen molar-refractivity contribution in [1.82, 2.24) is 4.98 Å². The van der Waals surface area contributed by atoms with E-state index in [0.717, 1.165) is 41.8 Å². The van der Waals surface area contributed by atoms with E-state index in [1.807, 2.05) is 12.3 Å². The van der Waals surface area contributed by atoms with Crippen LogP contribution in [0.3, 0.4) is 0 Å². The van der Waals surface area contributed by atoms with Crippen LogP contribution in [0.5, 0.6) is 0 Å². The maximum Gasteiger partial charge on any atom is 0.133 e. The molecule has 1 aromatic heterocycles. The summed E-state index contributed by atoms with van der Waals surface area (Å²) in [5, 5.41) is 0. The van der Waals surface area contributed by atoms with E-state index in [1.54, 1.807) is 7.11 Å². The monoisotopic (exact) mass is 313 g/mol. The summed E-state index contributed by atoms with van der Waals surface area (Å²) in [4.78, 5) is 6.80. The predicted molar refractivity (Wildman–Crippen MR) is 76.7 cm³/mol. The molecule has 0 aliphatic carbocycles. The molecule has 5 heteroatoms. The Hall–Kier alpha value is -0.650. The Labute approximate surface area is 117 Å². The molecule has 4 nitrogen and oxygen atoms in total. The van der Waals surface area contributed by atoms with Crippen LogP contribution in [0.2, 0.25) is 0 Å². The molecule has 2 heterocycles. The Balaban J connectivity index is 2.25. The van der Waals surface area contributed by atoms with Crippen molar-refractivity contribution in [3.8, 4) is 0 Å². The van der Waals surface area contributed by atoms with Gasteiger partial charge in [-0.25, -0.2) is 4.98 Å².